The van der Waals surface area contributed by atoms with Gasteiger partial charge >= 0.3 is 0 Å². The Morgan fingerprint density at radius 3 is 2.72 bits per heavy atom. The highest BCUT2D eigenvalue weighted by Crippen LogP contribution is 2.24. The van der Waals surface area contributed by atoms with Gasteiger partial charge in [0.1, 0.15) is 16.6 Å². The third-order valence-electron chi connectivity index (χ3n) is 3.81. The molecule has 0 spiro atoms. The maximum absolute atomic E-state index is 13.3. The lowest BCUT2D eigenvalue weighted by Crippen LogP contribution is -2.44. The summed E-state index contributed by atoms with van der Waals surface area (Å²) in [5.74, 6) is -0.794. The maximum Gasteiger partial charge on any atom is 0.276 e. The van der Waals surface area contributed by atoms with Crippen molar-refractivity contribution in [3.8, 4) is 16.3 Å². The summed E-state index contributed by atoms with van der Waals surface area (Å²) in [6.07, 6.45) is -0.0245. The third-order valence-corrected chi connectivity index (χ3v) is 5.17. The van der Waals surface area contributed by atoms with Crippen LogP contribution >= 0.6 is 22.9 Å². The minimum Gasteiger partial charge on any atom is -0.484 e. The first kappa shape index (κ1) is 20.8. The van der Waals surface area contributed by atoms with Crippen LogP contribution in [0.25, 0.3) is 10.6 Å². The zero-order valence-electron chi connectivity index (χ0n) is 15.4. The van der Waals surface area contributed by atoms with Crippen molar-refractivity contribution in [1.29, 1.82) is 0 Å². The first-order chi connectivity index (χ1) is 13.9. The molecular formula is C20H17ClFN3O3S. The van der Waals surface area contributed by atoms with Gasteiger partial charge in [-0.3, -0.25) is 20.4 Å². The molecule has 2 amide bonds. The molecular weight excluding hydrogens is 417 g/mol. The van der Waals surface area contributed by atoms with Gasteiger partial charge in [-0.15, -0.1) is 11.3 Å². The van der Waals surface area contributed by atoms with Crippen molar-refractivity contribution in [2.24, 2.45) is 0 Å². The van der Waals surface area contributed by atoms with Gasteiger partial charge in [0.2, 0.25) is 5.91 Å². The van der Waals surface area contributed by atoms with E-state index in [1.54, 1.807) is 35.7 Å². The summed E-state index contributed by atoms with van der Waals surface area (Å²) in [6.45, 7) is 1.56. The van der Waals surface area contributed by atoms with Crippen LogP contribution < -0.4 is 15.6 Å². The van der Waals surface area contributed by atoms with Crippen LogP contribution in [0.3, 0.4) is 0 Å². The van der Waals surface area contributed by atoms with E-state index in [1.165, 1.54) is 23.5 Å². The Balaban J connectivity index is 1.45. The highest BCUT2D eigenvalue weighted by atomic mass is 35.5. The largest absolute Gasteiger partial charge is 0.484 e. The van der Waals surface area contributed by atoms with Crippen molar-refractivity contribution >= 4 is 34.8 Å². The van der Waals surface area contributed by atoms with Gasteiger partial charge < -0.3 is 4.74 Å². The summed E-state index contributed by atoms with van der Waals surface area (Å²) < 4.78 is 18.7. The van der Waals surface area contributed by atoms with E-state index in [0.717, 1.165) is 5.56 Å². The van der Waals surface area contributed by atoms with Crippen molar-refractivity contribution < 1.29 is 18.7 Å². The van der Waals surface area contributed by atoms with Crippen LogP contribution in [-0.4, -0.2) is 23.4 Å². The van der Waals surface area contributed by atoms with Crippen molar-refractivity contribution in [2.75, 3.05) is 6.61 Å². The molecule has 0 bridgehead atoms. The van der Waals surface area contributed by atoms with E-state index in [0.29, 0.717) is 27.0 Å². The second-order valence-corrected chi connectivity index (χ2v) is 7.39. The fourth-order valence-electron chi connectivity index (χ4n) is 2.38. The normalized spacial score (nSPS) is 10.4. The zero-order valence-corrected chi connectivity index (χ0v) is 16.9. The third kappa shape index (κ3) is 6.00. The van der Waals surface area contributed by atoms with Crippen molar-refractivity contribution in [3.63, 3.8) is 0 Å². The highest BCUT2D eigenvalue weighted by Gasteiger charge is 2.11. The summed E-state index contributed by atoms with van der Waals surface area (Å²) in [4.78, 5) is 28.1. The lowest BCUT2D eigenvalue weighted by atomic mass is 10.2. The number of hydrogen-bond donors (Lipinski definition) is 2. The van der Waals surface area contributed by atoms with Crippen LogP contribution in [0.1, 0.15) is 11.3 Å². The molecule has 6 nitrogen and oxygen atoms in total. The number of rotatable bonds is 6. The molecule has 3 aromatic rings. The molecule has 0 aliphatic carbocycles. The fourth-order valence-corrected chi connectivity index (χ4v) is 3.32. The second kappa shape index (κ2) is 9.49. The number of thiazole rings is 1. The minimum atomic E-state index is -0.510. The molecule has 9 heteroatoms. The summed E-state index contributed by atoms with van der Waals surface area (Å²) in [7, 11) is 0. The molecule has 1 aromatic heterocycles. The molecule has 2 N–H and O–H groups in total. The number of ether oxygens (including phenoxy) is 1. The van der Waals surface area contributed by atoms with Crippen molar-refractivity contribution in [3.05, 3.63) is 69.9 Å². The topological polar surface area (TPSA) is 80.3 Å². The van der Waals surface area contributed by atoms with Gasteiger partial charge in [0, 0.05) is 16.0 Å². The Kier molecular flexibility index (Phi) is 6.79. The molecule has 3 rings (SSSR count). The molecule has 0 aliphatic rings. The Hall–Kier alpha value is -2.97. The van der Waals surface area contributed by atoms with Gasteiger partial charge in [0.25, 0.3) is 5.91 Å². The lowest BCUT2D eigenvalue weighted by molar-refractivity contribution is -0.129. The number of carbonyl (C=O) groups excluding carboxylic acids is 2. The Labute approximate surface area is 175 Å². The first-order valence-electron chi connectivity index (χ1n) is 8.57. The molecule has 0 fully saturated rings. The van der Waals surface area contributed by atoms with E-state index < -0.39 is 11.8 Å². The van der Waals surface area contributed by atoms with Gasteiger partial charge in [-0.05, 0) is 42.8 Å². The first-order valence-corrected chi connectivity index (χ1v) is 9.83. The van der Waals surface area contributed by atoms with Gasteiger partial charge in [0.05, 0.1) is 12.1 Å². The number of carbonyl (C=O) groups is 2. The van der Waals surface area contributed by atoms with Crippen LogP contribution in [0.5, 0.6) is 5.75 Å². The average molecular weight is 434 g/mol. The SMILES string of the molecule is Cc1cc(OCC(=O)NNC(=O)Cc2csc(-c3cccc(F)c3)n2)ccc1Cl. The Morgan fingerprint density at radius 2 is 1.97 bits per heavy atom. The highest BCUT2D eigenvalue weighted by molar-refractivity contribution is 7.13. The van der Waals surface area contributed by atoms with Crippen LogP contribution in [0, 0.1) is 12.7 Å². The zero-order chi connectivity index (χ0) is 20.8. The van der Waals surface area contributed by atoms with Gasteiger partial charge in [-0.2, -0.15) is 0 Å². The number of hydrazine groups is 1. The van der Waals surface area contributed by atoms with Gasteiger partial charge in [-0.25, -0.2) is 9.37 Å². The van der Waals surface area contributed by atoms with Crippen LogP contribution in [0.15, 0.2) is 47.8 Å². The smallest absolute Gasteiger partial charge is 0.276 e. The van der Waals surface area contributed by atoms with Crippen LogP contribution in [0.2, 0.25) is 5.02 Å². The van der Waals surface area contributed by atoms with Gasteiger partial charge in [-0.1, -0.05) is 23.7 Å². The maximum atomic E-state index is 13.3. The number of aromatic nitrogens is 1. The number of halogens is 2. The predicted molar refractivity (Wildman–Crippen MR) is 109 cm³/mol. The molecule has 0 saturated carbocycles. The standard InChI is InChI=1S/C20H17ClFN3O3S/c1-12-7-16(5-6-17(12)21)28-10-19(27)25-24-18(26)9-15-11-29-20(23-15)13-3-2-4-14(22)8-13/h2-8,11H,9-10H2,1H3,(H,24,26)(H,25,27). The summed E-state index contributed by atoms with van der Waals surface area (Å²) in [5.41, 5.74) is 6.59. The molecule has 1 heterocycles. The van der Waals surface area contributed by atoms with E-state index in [4.69, 9.17) is 16.3 Å². The van der Waals surface area contributed by atoms with Crippen LogP contribution in [-0.2, 0) is 16.0 Å². The quantitative estimate of drug-likeness (QED) is 0.581. The number of hydrogen-bond acceptors (Lipinski definition) is 5. The number of benzene rings is 2. The fraction of sp³-hybridized carbons (Fsp3) is 0.150. The van der Waals surface area contributed by atoms with Crippen LogP contribution in [0.4, 0.5) is 4.39 Å². The molecule has 0 unspecified atom stereocenters. The van der Waals surface area contributed by atoms with Gasteiger partial charge in [0.15, 0.2) is 6.61 Å². The summed E-state index contributed by atoms with van der Waals surface area (Å²) in [5, 5.41) is 2.94. The van der Waals surface area contributed by atoms with E-state index >= 15 is 0 Å². The summed E-state index contributed by atoms with van der Waals surface area (Å²) in [6, 6.07) is 11.1. The Morgan fingerprint density at radius 1 is 1.17 bits per heavy atom. The van der Waals surface area contributed by atoms with Crippen molar-refractivity contribution in [1.82, 2.24) is 15.8 Å². The monoisotopic (exact) mass is 433 g/mol. The molecule has 0 radical (unpaired) electrons. The number of amides is 2. The van der Waals surface area contributed by atoms with E-state index in [9.17, 15) is 14.0 Å². The molecule has 0 saturated heterocycles. The van der Waals surface area contributed by atoms with Crippen molar-refractivity contribution in [2.45, 2.75) is 13.3 Å². The lowest BCUT2D eigenvalue weighted by Gasteiger charge is -2.09. The second-order valence-electron chi connectivity index (χ2n) is 6.13. The molecule has 29 heavy (non-hydrogen) atoms. The minimum absolute atomic E-state index is 0.0245. The number of nitrogens with one attached hydrogen (secondary N) is 2. The average Bonchev–Trinajstić information content (AvgIpc) is 3.16. The van der Waals surface area contributed by atoms with E-state index in [2.05, 4.69) is 15.8 Å². The van der Waals surface area contributed by atoms with E-state index in [-0.39, 0.29) is 18.8 Å². The summed E-state index contributed by atoms with van der Waals surface area (Å²) >= 11 is 7.25. The predicted octanol–water partition coefficient (Wildman–Crippen LogP) is 3.68. The number of aryl methyl sites for hydroxylation is 1. The molecule has 0 aliphatic heterocycles. The van der Waals surface area contributed by atoms with E-state index in [1.807, 2.05) is 6.92 Å². The Bertz CT molecular complexity index is 1040. The molecule has 150 valence electrons. The number of nitrogens with zero attached hydrogens (tertiary/aromatic N) is 1. The molecule has 0 atom stereocenters. The molecule has 2 aromatic carbocycles.